The number of ether oxygens (including phenoxy) is 1. The number of rotatable bonds is 8. The number of tetrazole rings is 1. The molecule has 0 aliphatic rings. The van der Waals surface area contributed by atoms with Gasteiger partial charge in [0.25, 0.3) is 0 Å². The highest BCUT2D eigenvalue weighted by atomic mass is 16.5. The fourth-order valence-electron chi connectivity index (χ4n) is 1.37. The minimum absolute atomic E-state index is 0.0639. The highest BCUT2D eigenvalue weighted by Crippen LogP contribution is 2.01. The maximum atomic E-state index is 5.51. The molecule has 0 bridgehead atoms. The van der Waals surface area contributed by atoms with Crippen molar-refractivity contribution in [1.29, 1.82) is 0 Å². The molecular formula is C12H25N5O. The average molecular weight is 255 g/mol. The molecule has 18 heavy (non-hydrogen) atoms. The van der Waals surface area contributed by atoms with E-state index in [2.05, 4.69) is 48.5 Å². The molecule has 1 rings (SSSR count). The van der Waals surface area contributed by atoms with Gasteiger partial charge in [0.2, 0.25) is 0 Å². The molecular weight excluding hydrogens is 230 g/mol. The second kappa shape index (κ2) is 7.43. The molecule has 0 saturated heterocycles. The van der Waals surface area contributed by atoms with E-state index in [-0.39, 0.29) is 5.54 Å². The van der Waals surface area contributed by atoms with Gasteiger partial charge >= 0.3 is 0 Å². The van der Waals surface area contributed by atoms with Crippen molar-refractivity contribution in [2.45, 2.75) is 59.2 Å². The smallest absolute Gasteiger partial charge is 0.165 e. The molecule has 1 aromatic heterocycles. The topological polar surface area (TPSA) is 64.9 Å². The van der Waals surface area contributed by atoms with E-state index >= 15 is 0 Å². The third kappa shape index (κ3) is 6.07. The molecule has 0 saturated carbocycles. The summed E-state index contributed by atoms with van der Waals surface area (Å²) < 4.78 is 7.31. The van der Waals surface area contributed by atoms with Gasteiger partial charge in [-0.15, -0.1) is 5.10 Å². The lowest BCUT2D eigenvalue weighted by Gasteiger charge is -2.19. The maximum Gasteiger partial charge on any atom is 0.165 e. The molecule has 0 fully saturated rings. The van der Waals surface area contributed by atoms with Gasteiger partial charge in [0.15, 0.2) is 5.82 Å². The molecule has 0 aliphatic carbocycles. The number of nitrogens with one attached hydrogen (secondary N) is 1. The van der Waals surface area contributed by atoms with E-state index in [1.165, 1.54) is 0 Å². The minimum Gasteiger partial charge on any atom is -0.380 e. The van der Waals surface area contributed by atoms with Crippen LogP contribution in [0.1, 0.15) is 46.4 Å². The Bertz CT molecular complexity index is 331. The maximum absolute atomic E-state index is 5.51. The summed E-state index contributed by atoms with van der Waals surface area (Å²) in [6.07, 6.45) is 2.26. The number of unbranched alkanes of at least 4 members (excludes halogenated alkanes) is 1. The molecule has 0 radical (unpaired) electrons. The van der Waals surface area contributed by atoms with Crippen LogP contribution in [0.2, 0.25) is 0 Å². The van der Waals surface area contributed by atoms with Gasteiger partial charge in [-0.25, -0.2) is 4.68 Å². The van der Waals surface area contributed by atoms with Crippen molar-refractivity contribution in [2.75, 3.05) is 13.2 Å². The molecule has 0 spiro atoms. The molecule has 6 nitrogen and oxygen atoms in total. The van der Waals surface area contributed by atoms with E-state index in [4.69, 9.17) is 4.74 Å². The first kappa shape index (κ1) is 15.0. The van der Waals surface area contributed by atoms with Crippen LogP contribution in [-0.4, -0.2) is 39.0 Å². The van der Waals surface area contributed by atoms with Crippen LogP contribution >= 0.6 is 0 Å². The van der Waals surface area contributed by atoms with Crippen molar-refractivity contribution in [3.63, 3.8) is 0 Å². The van der Waals surface area contributed by atoms with E-state index in [1.807, 2.05) is 0 Å². The molecule has 0 amide bonds. The van der Waals surface area contributed by atoms with E-state index in [9.17, 15) is 0 Å². The van der Waals surface area contributed by atoms with Crippen molar-refractivity contribution < 1.29 is 4.74 Å². The standard InChI is InChI=1S/C12H25N5O/c1-5-6-8-18-9-7-17-11(14-15-16-17)10-13-12(2,3)4/h13H,5-10H2,1-4H3. The quantitative estimate of drug-likeness (QED) is 0.711. The van der Waals surface area contributed by atoms with Gasteiger partial charge in [-0.2, -0.15) is 0 Å². The molecule has 1 heterocycles. The van der Waals surface area contributed by atoms with Gasteiger partial charge in [-0.05, 0) is 37.6 Å². The Labute approximate surface area is 109 Å². The molecule has 0 atom stereocenters. The molecule has 0 aromatic carbocycles. The summed E-state index contributed by atoms with van der Waals surface area (Å²) in [7, 11) is 0. The Hall–Kier alpha value is -1.01. The molecule has 0 aliphatic heterocycles. The zero-order valence-corrected chi connectivity index (χ0v) is 11.9. The number of hydrogen-bond donors (Lipinski definition) is 1. The van der Waals surface area contributed by atoms with Crippen molar-refractivity contribution in [3.8, 4) is 0 Å². The van der Waals surface area contributed by atoms with Gasteiger partial charge in [-0.3, -0.25) is 0 Å². The molecule has 1 aromatic rings. The second-order valence-electron chi connectivity index (χ2n) is 5.39. The van der Waals surface area contributed by atoms with E-state index < -0.39 is 0 Å². The largest absolute Gasteiger partial charge is 0.380 e. The van der Waals surface area contributed by atoms with E-state index in [1.54, 1.807) is 4.68 Å². The summed E-state index contributed by atoms with van der Waals surface area (Å²) in [5, 5.41) is 15.1. The van der Waals surface area contributed by atoms with Crippen LogP contribution in [-0.2, 0) is 17.8 Å². The van der Waals surface area contributed by atoms with Crippen LogP contribution in [0.5, 0.6) is 0 Å². The lowest BCUT2D eigenvalue weighted by molar-refractivity contribution is 0.120. The first-order valence-corrected chi connectivity index (χ1v) is 6.61. The first-order valence-electron chi connectivity index (χ1n) is 6.61. The van der Waals surface area contributed by atoms with Gasteiger partial charge in [-0.1, -0.05) is 13.3 Å². The predicted octanol–water partition coefficient (Wildman–Crippen LogP) is 1.38. The Morgan fingerprint density at radius 3 is 2.72 bits per heavy atom. The fourth-order valence-corrected chi connectivity index (χ4v) is 1.37. The lowest BCUT2D eigenvalue weighted by Crippen LogP contribution is -2.36. The zero-order valence-electron chi connectivity index (χ0n) is 11.9. The normalized spacial score (nSPS) is 12.0. The van der Waals surface area contributed by atoms with Crippen molar-refractivity contribution >= 4 is 0 Å². The molecule has 1 N–H and O–H groups in total. The molecule has 104 valence electrons. The summed E-state index contributed by atoms with van der Waals surface area (Å²) in [4.78, 5) is 0. The Morgan fingerprint density at radius 1 is 1.28 bits per heavy atom. The van der Waals surface area contributed by atoms with Gasteiger partial charge in [0.05, 0.1) is 19.7 Å². The Balaban J connectivity index is 2.31. The van der Waals surface area contributed by atoms with Crippen LogP contribution < -0.4 is 5.32 Å². The van der Waals surface area contributed by atoms with Gasteiger partial charge in [0, 0.05) is 12.1 Å². The van der Waals surface area contributed by atoms with Crippen LogP contribution in [0.3, 0.4) is 0 Å². The monoisotopic (exact) mass is 255 g/mol. The molecule has 6 heteroatoms. The number of nitrogens with zero attached hydrogens (tertiary/aromatic N) is 4. The summed E-state index contributed by atoms with van der Waals surface area (Å²) in [5.74, 6) is 0.851. The highest BCUT2D eigenvalue weighted by Gasteiger charge is 2.12. The van der Waals surface area contributed by atoms with Crippen molar-refractivity contribution in [2.24, 2.45) is 0 Å². The van der Waals surface area contributed by atoms with Gasteiger partial charge in [0.1, 0.15) is 0 Å². The minimum atomic E-state index is 0.0639. The summed E-state index contributed by atoms with van der Waals surface area (Å²) in [5.41, 5.74) is 0.0639. The predicted molar refractivity (Wildman–Crippen MR) is 70.1 cm³/mol. The van der Waals surface area contributed by atoms with Crippen LogP contribution in [0, 0.1) is 0 Å². The summed E-state index contributed by atoms with van der Waals surface area (Å²) in [6, 6.07) is 0. The van der Waals surface area contributed by atoms with Crippen molar-refractivity contribution in [3.05, 3.63) is 5.82 Å². The van der Waals surface area contributed by atoms with Crippen LogP contribution in [0.4, 0.5) is 0 Å². The highest BCUT2D eigenvalue weighted by molar-refractivity contribution is 4.83. The summed E-state index contributed by atoms with van der Waals surface area (Å²) in [6.45, 7) is 11.4. The fraction of sp³-hybridized carbons (Fsp3) is 0.917. The van der Waals surface area contributed by atoms with E-state index in [0.29, 0.717) is 19.7 Å². The average Bonchev–Trinajstić information content (AvgIpc) is 2.73. The summed E-state index contributed by atoms with van der Waals surface area (Å²) >= 11 is 0. The van der Waals surface area contributed by atoms with Crippen LogP contribution in [0.15, 0.2) is 0 Å². The Morgan fingerprint density at radius 2 is 2.06 bits per heavy atom. The lowest BCUT2D eigenvalue weighted by atomic mass is 10.1. The first-order chi connectivity index (χ1) is 8.53. The SMILES string of the molecule is CCCCOCCn1nnnc1CNC(C)(C)C. The van der Waals surface area contributed by atoms with Crippen LogP contribution in [0.25, 0.3) is 0 Å². The van der Waals surface area contributed by atoms with Gasteiger partial charge < -0.3 is 10.1 Å². The zero-order chi connectivity index (χ0) is 13.4. The number of aromatic nitrogens is 4. The third-order valence-electron chi connectivity index (χ3n) is 2.47. The second-order valence-corrected chi connectivity index (χ2v) is 5.39. The van der Waals surface area contributed by atoms with E-state index in [0.717, 1.165) is 25.3 Å². The number of hydrogen-bond acceptors (Lipinski definition) is 5. The molecule has 0 unspecified atom stereocenters. The third-order valence-corrected chi connectivity index (χ3v) is 2.47. The Kier molecular flexibility index (Phi) is 6.21. The van der Waals surface area contributed by atoms with Crippen molar-refractivity contribution in [1.82, 2.24) is 25.5 Å².